The van der Waals surface area contributed by atoms with Crippen molar-refractivity contribution in [2.24, 2.45) is 23.7 Å². The number of methoxy groups -OCH3 is 4. The van der Waals surface area contributed by atoms with E-state index in [0.717, 1.165) is 23.0 Å². The lowest BCUT2D eigenvalue weighted by atomic mass is 9.42. The van der Waals surface area contributed by atoms with Gasteiger partial charge in [-0.05, 0) is 91.2 Å². The molecule has 0 unspecified atom stereocenters. The fourth-order valence-electron chi connectivity index (χ4n) is 7.30. The lowest BCUT2D eigenvalue weighted by molar-refractivity contribution is -0.0421. The molecule has 32 heavy (non-hydrogen) atoms. The van der Waals surface area contributed by atoms with Gasteiger partial charge in [0.05, 0.1) is 28.4 Å². The summed E-state index contributed by atoms with van der Waals surface area (Å²) in [7, 11) is 6.26. The van der Waals surface area contributed by atoms with Crippen LogP contribution in [0.1, 0.15) is 43.2 Å². The van der Waals surface area contributed by atoms with Gasteiger partial charge in [0, 0.05) is 5.41 Å². The largest absolute Gasteiger partial charge is 0.502 e. The van der Waals surface area contributed by atoms with Crippen molar-refractivity contribution in [3.8, 4) is 34.5 Å². The molecule has 0 spiro atoms. The third-order valence-electron chi connectivity index (χ3n) is 8.34. The van der Waals surface area contributed by atoms with Crippen LogP contribution in [-0.4, -0.2) is 38.7 Å². The number of aromatic hydroxyl groups is 2. The van der Waals surface area contributed by atoms with E-state index in [0.29, 0.717) is 34.8 Å². The maximum absolute atomic E-state index is 10.6. The van der Waals surface area contributed by atoms with Crippen molar-refractivity contribution in [3.05, 3.63) is 35.4 Å². The second-order valence-electron chi connectivity index (χ2n) is 9.63. The van der Waals surface area contributed by atoms with Crippen molar-refractivity contribution in [3.63, 3.8) is 0 Å². The van der Waals surface area contributed by atoms with Crippen LogP contribution in [-0.2, 0) is 5.41 Å². The van der Waals surface area contributed by atoms with Gasteiger partial charge in [-0.3, -0.25) is 0 Å². The third-order valence-corrected chi connectivity index (χ3v) is 8.34. The van der Waals surface area contributed by atoms with Gasteiger partial charge < -0.3 is 29.2 Å². The summed E-state index contributed by atoms with van der Waals surface area (Å²) in [6.07, 6.45) is 6.02. The molecule has 0 amide bonds. The lowest BCUT2D eigenvalue weighted by Crippen LogP contribution is -2.56. The number of phenols is 2. The predicted molar refractivity (Wildman–Crippen MR) is 120 cm³/mol. The number of hydrogen-bond donors (Lipinski definition) is 2. The van der Waals surface area contributed by atoms with Crippen LogP contribution in [0.3, 0.4) is 0 Å². The van der Waals surface area contributed by atoms with E-state index in [4.69, 9.17) is 18.9 Å². The first kappa shape index (κ1) is 21.1. The van der Waals surface area contributed by atoms with E-state index >= 15 is 0 Å². The summed E-state index contributed by atoms with van der Waals surface area (Å²) in [5.41, 5.74) is 1.84. The molecular weight excluding hydrogens is 408 g/mol. The van der Waals surface area contributed by atoms with Gasteiger partial charge in [-0.25, -0.2) is 0 Å². The minimum atomic E-state index is -0.310. The monoisotopic (exact) mass is 440 g/mol. The summed E-state index contributed by atoms with van der Waals surface area (Å²) in [5.74, 6) is 4.08. The highest BCUT2D eigenvalue weighted by Gasteiger charge is 2.59. The van der Waals surface area contributed by atoms with Crippen LogP contribution in [0.15, 0.2) is 24.3 Å². The summed E-state index contributed by atoms with van der Waals surface area (Å²) in [6, 6.07) is 7.86. The van der Waals surface area contributed by atoms with Crippen LogP contribution in [0, 0.1) is 23.7 Å². The first-order chi connectivity index (χ1) is 15.5. The second-order valence-corrected chi connectivity index (χ2v) is 9.63. The number of rotatable bonds is 6. The topological polar surface area (TPSA) is 77.4 Å². The number of benzene rings is 2. The Balaban J connectivity index is 1.80. The molecule has 2 aromatic rings. The van der Waals surface area contributed by atoms with Crippen LogP contribution >= 0.6 is 0 Å². The molecule has 0 saturated heterocycles. The highest BCUT2D eigenvalue weighted by Crippen LogP contribution is 2.66. The molecule has 4 fully saturated rings. The van der Waals surface area contributed by atoms with Gasteiger partial charge >= 0.3 is 0 Å². The molecule has 0 aromatic heterocycles. The zero-order chi connectivity index (χ0) is 22.6. The highest BCUT2D eigenvalue weighted by atomic mass is 16.5. The SMILES string of the molecule is COc1cc(C2(c3cc(OC)c(O)c(OC)c3)C3CC4CC(C3)CC2C4)cc(OC)c1O. The maximum Gasteiger partial charge on any atom is 0.200 e. The molecular formula is C26H32O6. The first-order valence-electron chi connectivity index (χ1n) is 11.4. The van der Waals surface area contributed by atoms with Crippen molar-refractivity contribution >= 4 is 0 Å². The Morgan fingerprint density at radius 2 is 0.906 bits per heavy atom. The van der Waals surface area contributed by atoms with Crippen LogP contribution in [0.2, 0.25) is 0 Å². The molecule has 4 saturated carbocycles. The van der Waals surface area contributed by atoms with Crippen LogP contribution in [0.25, 0.3) is 0 Å². The summed E-state index contributed by atoms with van der Waals surface area (Å²) >= 11 is 0. The standard InChI is InChI=1S/C26H32O6/c1-29-20-10-18(11-21(30-2)24(20)27)26(16-6-14-5-15(8-16)9-17(26)7-14)19-12-22(31-3)25(28)23(13-19)32-4/h10-17,27-28H,5-9H2,1-4H3. The Kier molecular flexibility index (Phi) is 5.06. The lowest BCUT2D eigenvalue weighted by Gasteiger charge is -2.62. The number of phenolic OH excluding ortho intramolecular Hbond substituents is 2. The molecule has 0 heterocycles. The second kappa shape index (κ2) is 7.68. The number of ether oxygens (including phenoxy) is 4. The van der Waals surface area contributed by atoms with E-state index in [1.54, 1.807) is 28.4 Å². The van der Waals surface area contributed by atoms with Crippen molar-refractivity contribution in [1.82, 2.24) is 0 Å². The maximum atomic E-state index is 10.6. The molecule has 2 aromatic carbocycles. The quantitative estimate of drug-likeness (QED) is 0.667. The summed E-state index contributed by atoms with van der Waals surface area (Å²) < 4.78 is 22.2. The molecule has 0 radical (unpaired) electrons. The minimum Gasteiger partial charge on any atom is -0.502 e. The Labute approximate surface area is 189 Å². The molecule has 0 aliphatic heterocycles. The average Bonchev–Trinajstić information content (AvgIpc) is 2.79. The molecule has 4 aliphatic rings. The van der Waals surface area contributed by atoms with Crippen LogP contribution in [0.5, 0.6) is 34.5 Å². The van der Waals surface area contributed by atoms with E-state index in [1.807, 2.05) is 24.3 Å². The van der Waals surface area contributed by atoms with Crippen LogP contribution < -0.4 is 18.9 Å². The Morgan fingerprint density at radius 1 is 0.594 bits per heavy atom. The Bertz CT molecular complexity index is 887. The van der Waals surface area contributed by atoms with Gasteiger partial charge in [-0.2, -0.15) is 0 Å². The Hall–Kier alpha value is -2.76. The van der Waals surface area contributed by atoms with E-state index in [2.05, 4.69) is 0 Å². The van der Waals surface area contributed by atoms with Crippen molar-refractivity contribution in [1.29, 1.82) is 0 Å². The average molecular weight is 441 g/mol. The molecule has 6 heteroatoms. The molecule has 6 nitrogen and oxygen atoms in total. The number of hydrogen-bond acceptors (Lipinski definition) is 6. The summed E-state index contributed by atoms with van der Waals surface area (Å²) in [4.78, 5) is 0. The van der Waals surface area contributed by atoms with E-state index in [-0.39, 0.29) is 16.9 Å². The fraction of sp³-hybridized carbons (Fsp3) is 0.538. The van der Waals surface area contributed by atoms with E-state index in [1.165, 1.54) is 32.1 Å². The molecule has 0 atom stereocenters. The normalized spacial score (nSPS) is 27.2. The van der Waals surface area contributed by atoms with Gasteiger partial charge in [-0.15, -0.1) is 0 Å². The van der Waals surface area contributed by atoms with Crippen molar-refractivity contribution < 1.29 is 29.2 Å². The summed E-state index contributed by atoms with van der Waals surface area (Å²) in [6.45, 7) is 0. The van der Waals surface area contributed by atoms with Crippen molar-refractivity contribution in [2.75, 3.05) is 28.4 Å². The summed E-state index contributed by atoms with van der Waals surface area (Å²) in [5, 5.41) is 21.2. The zero-order valence-corrected chi connectivity index (χ0v) is 19.2. The highest BCUT2D eigenvalue weighted by molar-refractivity contribution is 5.61. The first-order valence-corrected chi connectivity index (χ1v) is 11.4. The predicted octanol–water partition coefficient (Wildman–Crippen LogP) is 4.87. The molecule has 4 bridgehead atoms. The van der Waals surface area contributed by atoms with Crippen LogP contribution in [0.4, 0.5) is 0 Å². The van der Waals surface area contributed by atoms with Gasteiger partial charge in [0.2, 0.25) is 11.5 Å². The smallest absolute Gasteiger partial charge is 0.200 e. The zero-order valence-electron chi connectivity index (χ0n) is 19.2. The fourth-order valence-corrected chi connectivity index (χ4v) is 7.30. The Morgan fingerprint density at radius 3 is 1.19 bits per heavy atom. The minimum absolute atomic E-state index is 0.0126. The van der Waals surface area contributed by atoms with Gasteiger partial charge in [-0.1, -0.05) is 0 Å². The molecule has 4 aliphatic carbocycles. The van der Waals surface area contributed by atoms with Gasteiger partial charge in [0.25, 0.3) is 0 Å². The molecule has 172 valence electrons. The van der Waals surface area contributed by atoms with E-state index < -0.39 is 0 Å². The van der Waals surface area contributed by atoms with Gasteiger partial charge in [0.15, 0.2) is 23.0 Å². The van der Waals surface area contributed by atoms with E-state index in [9.17, 15) is 10.2 Å². The van der Waals surface area contributed by atoms with Gasteiger partial charge in [0.1, 0.15) is 0 Å². The van der Waals surface area contributed by atoms with Crippen molar-refractivity contribution in [2.45, 2.75) is 37.5 Å². The molecule has 6 rings (SSSR count). The molecule has 2 N–H and O–H groups in total. The third kappa shape index (κ3) is 2.84.